The van der Waals surface area contributed by atoms with Gasteiger partial charge in [-0.25, -0.2) is 13.6 Å². The summed E-state index contributed by atoms with van der Waals surface area (Å²) in [5.74, 6) is -1.02. The van der Waals surface area contributed by atoms with Gasteiger partial charge in [-0.15, -0.1) is 0 Å². The van der Waals surface area contributed by atoms with Crippen LogP contribution < -0.4 is 15.3 Å². The second-order valence-corrected chi connectivity index (χ2v) is 11.8. The van der Waals surface area contributed by atoms with Crippen molar-refractivity contribution in [2.75, 3.05) is 31.2 Å². The van der Waals surface area contributed by atoms with Crippen LogP contribution in [0.25, 0.3) is 22.0 Å². The molecule has 0 unspecified atom stereocenters. The molecule has 8 nitrogen and oxygen atoms in total. The molecule has 3 aliphatic rings. The topological polar surface area (TPSA) is 76.9 Å². The summed E-state index contributed by atoms with van der Waals surface area (Å²) in [4.78, 5) is 34.6. The highest BCUT2D eigenvalue weighted by molar-refractivity contribution is 6.35. The maximum Gasteiger partial charge on any atom is 0.350 e. The highest BCUT2D eigenvalue weighted by Crippen LogP contribution is 2.47. The molecule has 0 bridgehead atoms. The Hall–Kier alpha value is -3.50. The van der Waals surface area contributed by atoms with Crippen LogP contribution in [0, 0.1) is 11.6 Å². The van der Waals surface area contributed by atoms with Crippen molar-refractivity contribution >= 4 is 34.2 Å². The molecule has 11 heteroatoms. The van der Waals surface area contributed by atoms with Crippen LogP contribution in [0.3, 0.4) is 0 Å². The second-order valence-electron chi connectivity index (χ2n) is 11.4. The molecule has 1 saturated heterocycles. The number of ether oxygens (including phenoxy) is 2. The first-order valence-electron chi connectivity index (χ1n) is 14.4. The summed E-state index contributed by atoms with van der Waals surface area (Å²) in [5.41, 5.74) is 0.253. The molecular formula is C31H33ClF2N4O4. The lowest BCUT2D eigenvalue weighted by molar-refractivity contribution is -0.128. The number of rotatable bonds is 6. The number of hydrogen-bond acceptors (Lipinski definition) is 6. The standard InChI is InChI=1S/C31H33ClF2N4O4/c1-4-26(39)36-13-18(3)37(14-17(36)2)30-23-12-24(32)27(22-10-9-19(33)11-25(22)34)29-28(23)38(31(40)35-30)20(16-42-29)15-41-21-7-5-6-8-21/h4,9-12,17-18,20-21H,1,5-8,13-16H2,2-3H3/t17-,18+,20+/m1/s1. The molecule has 0 radical (unpaired) electrons. The Morgan fingerprint density at radius 3 is 2.67 bits per heavy atom. The number of benzene rings is 2. The first-order valence-corrected chi connectivity index (χ1v) is 14.7. The molecular weight excluding hydrogens is 566 g/mol. The van der Waals surface area contributed by atoms with E-state index >= 15 is 4.39 Å². The molecule has 2 aromatic carbocycles. The molecule has 1 aromatic heterocycles. The van der Waals surface area contributed by atoms with Gasteiger partial charge in [0.2, 0.25) is 5.91 Å². The van der Waals surface area contributed by atoms with Crippen LogP contribution in [-0.2, 0) is 9.53 Å². The van der Waals surface area contributed by atoms with Crippen LogP contribution in [0.1, 0.15) is 45.6 Å². The third-order valence-electron chi connectivity index (χ3n) is 8.62. The van der Waals surface area contributed by atoms with Gasteiger partial charge < -0.3 is 19.3 Å². The largest absolute Gasteiger partial charge is 0.488 e. The predicted octanol–water partition coefficient (Wildman–Crippen LogP) is 5.50. The smallest absolute Gasteiger partial charge is 0.350 e. The van der Waals surface area contributed by atoms with E-state index in [9.17, 15) is 14.0 Å². The Kier molecular flexibility index (Phi) is 7.70. The first-order chi connectivity index (χ1) is 20.2. The average Bonchev–Trinajstić information content (AvgIpc) is 3.49. The molecule has 3 aromatic rings. The van der Waals surface area contributed by atoms with E-state index in [0.717, 1.165) is 37.8 Å². The number of anilines is 1. The van der Waals surface area contributed by atoms with Crippen LogP contribution in [0.2, 0.25) is 5.02 Å². The fourth-order valence-corrected chi connectivity index (χ4v) is 6.79. The number of aromatic nitrogens is 2. The lowest BCUT2D eigenvalue weighted by atomic mass is 9.99. The van der Waals surface area contributed by atoms with Gasteiger partial charge in [0.1, 0.15) is 24.1 Å². The number of hydrogen-bond donors (Lipinski definition) is 0. The third-order valence-corrected chi connectivity index (χ3v) is 8.92. The zero-order chi connectivity index (χ0) is 29.7. The number of nitrogens with zero attached hydrogens (tertiary/aromatic N) is 4. The van der Waals surface area contributed by atoms with Gasteiger partial charge in [-0.05, 0) is 51.0 Å². The van der Waals surface area contributed by atoms with E-state index in [1.54, 1.807) is 15.5 Å². The summed E-state index contributed by atoms with van der Waals surface area (Å²) >= 11 is 6.83. The molecule has 3 atom stereocenters. The van der Waals surface area contributed by atoms with E-state index < -0.39 is 23.4 Å². The SMILES string of the molecule is C=CC(=O)N1C[C@H](C)N(c2nc(=O)n3c4c(c(-c5ccc(F)cc5F)c(Cl)cc24)OC[C@@H]3COC2CCCC2)C[C@H]1C. The normalized spacial score (nSPS) is 22.5. The number of carbonyl (C=O) groups is 1. The Balaban J connectivity index is 1.52. The number of halogens is 3. The van der Waals surface area contributed by atoms with E-state index in [-0.39, 0.29) is 59.2 Å². The van der Waals surface area contributed by atoms with E-state index in [4.69, 9.17) is 21.1 Å². The maximum absolute atomic E-state index is 15.1. The summed E-state index contributed by atoms with van der Waals surface area (Å²) in [6.45, 7) is 8.69. The molecule has 0 N–H and O–H groups in total. The lowest BCUT2D eigenvalue weighted by Crippen LogP contribution is -2.58. The van der Waals surface area contributed by atoms with Gasteiger partial charge >= 0.3 is 5.69 Å². The van der Waals surface area contributed by atoms with Crippen molar-refractivity contribution in [1.29, 1.82) is 0 Å². The minimum Gasteiger partial charge on any atom is -0.488 e. The molecule has 2 fully saturated rings. The van der Waals surface area contributed by atoms with Crippen molar-refractivity contribution in [3.05, 3.63) is 64.1 Å². The summed E-state index contributed by atoms with van der Waals surface area (Å²) in [5, 5.41) is 0.743. The lowest BCUT2D eigenvalue weighted by Gasteiger charge is -2.45. The minimum absolute atomic E-state index is 0.0647. The zero-order valence-electron chi connectivity index (χ0n) is 23.6. The number of carbonyl (C=O) groups excluding carboxylic acids is 1. The number of amides is 1. The Labute approximate surface area is 247 Å². The van der Waals surface area contributed by atoms with Crippen molar-refractivity contribution in [3.8, 4) is 16.9 Å². The Morgan fingerprint density at radius 1 is 1.19 bits per heavy atom. The van der Waals surface area contributed by atoms with E-state index in [0.29, 0.717) is 29.8 Å². The molecule has 2 aliphatic heterocycles. The zero-order valence-corrected chi connectivity index (χ0v) is 24.4. The highest BCUT2D eigenvalue weighted by Gasteiger charge is 2.36. The summed E-state index contributed by atoms with van der Waals surface area (Å²) in [6.07, 6.45) is 5.62. The molecule has 222 valence electrons. The van der Waals surface area contributed by atoms with Crippen molar-refractivity contribution < 1.29 is 23.0 Å². The third kappa shape index (κ3) is 4.94. The maximum atomic E-state index is 15.1. The summed E-state index contributed by atoms with van der Waals surface area (Å²) in [6, 6.07) is 4.12. The van der Waals surface area contributed by atoms with Crippen molar-refractivity contribution in [2.45, 2.75) is 63.8 Å². The van der Waals surface area contributed by atoms with Crippen molar-refractivity contribution in [1.82, 2.24) is 14.5 Å². The van der Waals surface area contributed by atoms with E-state index in [1.165, 1.54) is 12.1 Å². The van der Waals surface area contributed by atoms with E-state index in [1.807, 2.05) is 18.7 Å². The van der Waals surface area contributed by atoms with Gasteiger partial charge in [-0.2, -0.15) is 4.98 Å². The van der Waals surface area contributed by atoms with Gasteiger partial charge in [0, 0.05) is 47.8 Å². The molecule has 1 saturated carbocycles. The van der Waals surface area contributed by atoms with Crippen LogP contribution in [-0.4, -0.2) is 64.8 Å². The predicted molar refractivity (Wildman–Crippen MR) is 157 cm³/mol. The van der Waals surface area contributed by atoms with Gasteiger partial charge in [-0.3, -0.25) is 9.36 Å². The highest BCUT2D eigenvalue weighted by atomic mass is 35.5. The minimum atomic E-state index is -0.795. The Morgan fingerprint density at radius 2 is 1.95 bits per heavy atom. The van der Waals surface area contributed by atoms with Gasteiger partial charge in [0.25, 0.3) is 0 Å². The molecule has 42 heavy (non-hydrogen) atoms. The fourth-order valence-electron chi connectivity index (χ4n) is 6.49. The molecule has 0 spiro atoms. The molecule has 3 heterocycles. The monoisotopic (exact) mass is 598 g/mol. The van der Waals surface area contributed by atoms with Crippen molar-refractivity contribution in [3.63, 3.8) is 0 Å². The molecule has 1 amide bonds. The fraction of sp³-hybridized carbons (Fsp3) is 0.452. The van der Waals surface area contributed by atoms with Crippen LogP contribution in [0.15, 0.2) is 41.7 Å². The average molecular weight is 599 g/mol. The van der Waals surface area contributed by atoms with Crippen molar-refractivity contribution in [2.24, 2.45) is 0 Å². The van der Waals surface area contributed by atoms with Gasteiger partial charge in [0.15, 0.2) is 5.75 Å². The van der Waals surface area contributed by atoms with Gasteiger partial charge in [0.05, 0.1) is 29.3 Å². The summed E-state index contributed by atoms with van der Waals surface area (Å²) in [7, 11) is 0. The van der Waals surface area contributed by atoms with Gasteiger partial charge in [-0.1, -0.05) is 31.0 Å². The van der Waals surface area contributed by atoms with Crippen LogP contribution in [0.4, 0.5) is 14.6 Å². The Bertz CT molecular complexity index is 1620. The quantitative estimate of drug-likeness (QED) is 0.349. The number of piperazine rings is 1. The first kappa shape index (κ1) is 28.6. The van der Waals surface area contributed by atoms with Crippen LogP contribution >= 0.6 is 11.6 Å². The second kappa shape index (κ2) is 11.3. The summed E-state index contributed by atoms with van der Waals surface area (Å²) < 4.78 is 42.9. The molecule has 6 rings (SSSR count). The van der Waals surface area contributed by atoms with Crippen LogP contribution in [0.5, 0.6) is 5.75 Å². The molecule has 1 aliphatic carbocycles. The van der Waals surface area contributed by atoms with E-state index in [2.05, 4.69) is 11.6 Å².